The topological polar surface area (TPSA) is 105 Å². The van der Waals surface area contributed by atoms with E-state index < -0.39 is 4.92 Å². The molecule has 0 spiro atoms. The Morgan fingerprint density at radius 1 is 1.19 bits per heavy atom. The number of non-ortho nitro benzene ring substituents is 1. The van der Waals surface area contributed by atoms with E-state index in [0.717, 1.165) is 0 Å². The second kappa shape index (κ2) is 7.49. The van der Waals surface area contributed by atoms with Crippen LogP contribution in [0.3, 0.4) is 0 Å². The molecule has 26 heavy (non-hydrogen) atoms. The highest BCUT2D eigenvalue weighted by Gasteiger charge is 2.19. The summed E-state index contributed by atoms with van der Waals surface area (Å²) in [7, 11) is 0. The van der Waals surface area contributed by atoms with Gasteiger partial charge in [0.2, 0.25) is 0 Å². The molecule has 1 aliphatic heterocycles. The molecule has 132 valence electrons. The fourth-order valence-corrected chi connectivity index (χ4v) is 3.20. The van der Waals surface area contributed by atoms with Crippen molar-refractivity contribution >= 4 is 34.0 Å². The van der Waals surface area contributed by atoms with Crippen molar-refractivity contribution in [3.63, 3.8) is 0 Å². The van der Waals surface area contributed by atoms with Crippen molar-refractivity contribution in [2.45, 2.75) is 13.3 Å². The zero-order valence-electron chi connectivity index (χ0n) is 13.9. The SMILES string of the molecule is CC(=O)CSC1=NN=C(c2cc(-c3cccc(O)c3)cc([N+](=O)[O-])c2)C1. The minimum Gasteiger partial charge on any atom is -0.508 e. The molecular weight excluding hydrogens is 354 g/mol. The molecule has 0 amide bonds. The van der Waals surface area contributed by atoms with E-state index in [4.69, 9.17) is 0 Å². The van der Waals surface area contributed by atoms with Crippen molar-refractivity contribution in [2.24, 2.45) is 10.2 Å². The maximum atomic E-state index is 11.3. The number of phenols is 1. The molecule has 2 aromatic carbocycles. The first kappa shape index (κ1) is 17.8. The number of hydrogen-bond acceptors (Lipinski definition) is 7. The molecule has 3 rings (SSSR count). The fraction of sp³-hybridized carbons (Fsp3) is 0.167. The summed E-state index contributed by atoms with van der Waals surface area (Å²) in [4.78, 5) is 21.9. The lowest BCUT2D eigenvalue weighted by Gasteiger charge is -2.07. The molecule has 2 aromatic rings. The normalized spacial score (nSPS) is 13.3. The van der Waals surface area contributed by atoms with E-state index in [2.05, 4.69) is 10.2 Å². The van der Waals surface area contributed by atoms with Gasteiger partial charge < -0.3 is 5.11 Å². The van der Waals surface area contributed by atoms with Gasteiger partial charge in [-0.25, -0.2) is 0 Å². The number of rotatable bonds is 5. The Kier molecular flexibility index (Phi) is 5.13. The highest BCUT2D eigenvalue weighted by atomic mass is 32.2. The minimum atomic E-state index is -0.461. The summed E-state index contributed by atoms with van der Waals surface area (Å²) in [6.07, 6.45) is 0.429. The summed E-state index contributed by atoms with van der Waals surface area (Å²) in [5.74, 6) is 0.457. The summed E-state index contributed by atoms with van der Waals surface area (Å²) in [6.45, 7) is 1.51. The number of aromatic hydroxyl groups is 1. The van der Waals surface area contributed by atoms with Gasteiger partial charge in [0.25, 0.3) is 5.69 Å². The summed E-state index contributed by atoms with van der Waals surface area (Å²) in [5, 5.41) is 29.9. The number of benzene rings is 2. The average molecular weight is 369 g/mol. The molecule has 7 nitrogen and oxygen atoms in total. The average Bonchev–Trinajstić information content (AvgIpc) is 3.08. The van der Waals surface area contributed by atoms with Crippen LogP contribution in [0.1, 0.15) is 18.9 Å². The summed E-state index contributed by atoms with van der Waals surface area (Å²) < 4.78 is 0. The lowest BCUT2D eigenvalue weighted by atomic mass is 9.99. The lowest BCUT2D eigenvalue weighted by Crippen LogP contribution is -2.05. The number of nitro groups is 1. The highest BCUT2D eigenvalue weighted by molar-refractivity contribution is 8.14. The zero-order valence-corrected chi connectivity index (χ0v) is 14.7. The predicted octanol–water partition coefficient (Wildman–Crippen LogP) is 3.80. The second-order valence-corrected chi connectivity index (χ2v) is 6.83. The van der Waals surface area contributed by atoms with Crippen molar-refractivity contribution in [1.29, 1.82) is 0 Å². The molecule has 0 atom stereocenters. The molecule has 0 unspecified atom stereocenters. The Balaban J connectivity index is 1.91. The number of thioether (sulfide) groups is 1. The van der Waals surface area contributed by atoms with Crippen LogP contribution >= 0.6 is 11.8 Å². The van der Waals surface area contributed by atoms with Crippen LogP contribution in [-0.4, -0.2) is 32.3 Å². The van der Waals surface area contributed by atoms with E-state index in [1.165, 1.54) is 36.9 Å². The highest BCUT2D eigenvalue weighted by Crippen LogP contribution is 2.30. The van der Waals surface area contributed by atoms with Crippen LogP contribution in [0.2, 0.25) is 0 Å². The molecular formula is C18H15N3O4S. The molecule has 0 saturated carbocycles. The molecule has 0 bridgehead atoms. The Morgan fingerprint density at radius 3 is 2.65 bits per heavy atom. The molecule has 0 radical (unpaired) electrons. The second-order valence-electron chi connectivity index (χ2n) is 5.78. The first-order chi connectivity index (χ1) is 12.4. The third-order valence-corrected chi connectivity index (χ3v) is 4.79. The van der Waals surface area contributed by atoms with Crippen LogP contribution in [0, 0.1) is 10.1 Å². The first-order valence-electron chi connectivity index (χ1n) is 7.77. The number of ketones is 1. The number of nitrogens with zero attached hydrogens (tertiary/aromatic N) is 3. The Hall–Kier alpha value is -3.00. The van der Waals surface area contributed by atoms with E-state index >= 15 is 0 Å². The van der Waals surface area contributed by atoms with Crippen molar-refractivity contribution in [3.05, 3.63) is 58.1 Å². The molecule has 0 saturated heterocycles. The predicted molar refractivity (Wildman–Crippen MR) is 102 cm³/mol. The number of nitro benzene ring substituents is 1. The smallest absolute Gasteiger partial charge is 0.270 e. The van der Waals surface area contributed by atoms with E-state index in [1.807, 2.05) is 0 Å². The maximum Gasteiger partial charge on any atom is 0.270 e. The van der Waals surface area contributed by atoms with Gasteiger partial charge in [0.1, 0.15) is 16.6 Å². The van der Waals surface area contributed by atoms with Gasteiger partial charge in [0.15, 0.2) is 0 Å². The fourth-order valence-electron chi connectivity index (χ4n) is 2.49. The van der Waals surface area contributed by atoms with Gasteiger partial charge in [-0.05, 0) is 36.2 Å². The molecule has 1 heterocycles. The monoisotopic (exact) mass is 369 g/mol. The van der Waals surface area contributed by atoms with Gasteiger partial charge in [0.05, 0.1) is 16.4 Å². The molecule has 8 heteroatoms. The van der Waals surface area contributed by atoms with Crippen molar-refractivity contribution in [2.75, 3.05) is 5.75 Å². The summed E-state index contributed by atoms with van der Waals surface area (Å²) >= 11 is 1.32. The standard InChI is InChI=1S/C18H15N3O4S/c1-11(22)10-26-18-9-17(19-20-18)14-5-13(6-15(7-14)21(24)25)12-3-2-4-16(23)8-12/h2-8,23H,9-10H2,1H3. The van der Waals surface area contributed by atoms with Gasteiger partial charge in [-0.2, -0.15) is 5.10 Å². The lowest BCUT2D eigenvalue weighted by molar-refractivity contribution is -0.384. The summed E-state index contributed by atoms with van der Waals surface area (Å²) in [5.41, 5.74) is 2.42. The maximum absolute atomic E-state index is 11.3. The quantitative estimate of drug-likeness (QED) is 0.637. The van der Waals surface area contributed by atoms with E-state index in [9.17, 15) is 20.0 Å². The Labute approximate surface area is 153 Å². The van der Waals surface area contributed by atoms with E-state index in [1.54, 1.807) is 24.3 Å². The van der Waals surface area contributed by atoms with Crippen molar-refractivity contribution < 1.29 is 14.8 Å². The van der Waals surface area contributed by atoms with E-state index in [-0.39, 0.29) is 17.2 Å². The first-order valence-corrected chi connectivity index (χ1v) is 8.76. The largest absolute Gasteiger partial charge is 0.508 e. The van der Waals surface area contributed by atoms with Crippen LogP contribution in [0.4, 0.5) is 5.69 Å². The van der Waals surface area contributed by atoms with Crippen LogP contribution in [0.25, 0.3) is 11.1 Å². The third-order valence-electron chi connectivity index (χ3n) is 3.68. The molecule has 0 fully saturated rings. The number of Topliss-reactive ketones (excluding diaryl/α,β-unsaturated/α-hetero) is 1. The number of hydrogen-bond donors (Lipinski definition) is 1. The number of carbonyl (C=O) groups is 1. The van der Waals surface area contributed by atoms with Crippen molar-refractivity contribution in [3.8, 4) is 16.9 Å². The Morgan fingerprint density at radius 2 is 1.96 bits per heavy atom. The number of phenolic OH excluding ortho intramolecular Hbond substituents is 1. The van der Waals surface area contributed by atoms with Gasteiger partial charge in [0, 0.05) is 24.1 Å². The molecule has 0 aromatic heterocycles. The summed E-state index contributed by atoms with van der Waals surface area (Å²) in [6, 6.07) is 11.2. The van der Waals surface area contributed by atoms with Gasteiger partial charge >= 0.3 is 0 Å². The van der Waals surface area contributed by atoms with Crippen LogP contribution in [0.5, 0.6) is 5.75 Å². The van der Waals surface area contributed by atoms with E-state index in [0.29, 0.717) is 39.6 Å². The third kappa shape index (κ3) is 4.15. The molecule has 1 aliphatic rings. The van der Waals surface area contributed by atoms with Gasteiger partial charge in [-0.3, -0.25) is 14.9 Å². The van der Waals surface area contributed by atoms with Crippen LogP contribution in [0.15, 0.2) is 52.7 Å². The van der Waals surface area contributed by atoms with Gasteiger partial charge in [-0.15, -0.1) is 16.9 Å². The zero-order chi connectivity index (χ0) is 18.7. The van der Waals surface area contributed by atoms with Crippen LogP contribution < -0.4 is 0 Å². The number of carbonyl (C=O) groups excluding carboxylic acids is 1. The molecule has 1 N–H and O–H groups in total. The van der Waals surface area contributed by atoms with Crippen molar-refractivity contribution in [1.82, 2.24) is 0 Å². The van der Waals surface area contributed by atoms with Gasteiger partial charge in [-0.1, -0.05) is 12.1 Å². The minimum absolute atomic E-state index is 0.0488. The Bertz CT molecular complexity index is 953. The van der Waals surface area contributed by atoms with Crippen LogP contribution in [-0.2, 0) is 4.79 Å². The molecule has 0 aliphatic carbocycles.